The Hall–Kier alpha value is -1.15. The maximum atomic E-state index is 5.11. The summed E-state index contributed by atoms with van der Waals surface area (Å²) in [5.41, 5.74) is 1.50. The second-order valence-corrected chi connectivity index (χ2v) is 8.24. The summed E-state index contributed by atoms with van der Waals surface area (Å²) in [6.07, 6.45) is 2.25. The van der Waals surface area contributed by atoms with Gasteiger partial charge < -0.3 is 20.3 Å². The minimum atomic E-state index is 0.449. The van der Waals surface area contributed by atoms with Crippen molar-refractivity contribution >= 4 is 17.3 Å². The Morgan fingerprint density at radius 3 is 3.04 bits per heavy atom. The van der Waals surface area contributed by atoms with Gasteiger partial charge in [0.05, 0.1) is 6.54 Å². The van der Waals surface area contributed by atoms with Crippen molar-refractivity contribution in [2.45, 2.75) is 39.3 Å². The van der Waals surface area contributed by atoms with E-state index in [0.717, 1.165) is 64.8 Å². The van der Waals surface area contributed by atoms with E-state index in [4.69, 9.17) is 9.73 Å². The number of aliphatic imine (C=N–C) groups is 1. The standard InChI is InChI=1S/C20H37N5OS/c1-5-21-20(22-9-12-24(3)10-6-13-26-4)23-15-17(2)25-11-7-19-18(16-25)8-14-27-19/h8,14,17H,5-7,9-13,15-16H2,1-4H3,(H2,21,22,23). The molecule has 1 aromatic heterocycles. The molecular weight excluding hydrogens is 358 g/mol. The van der Waals surface area contributed by atoms with Crippen LogP contribution in [0.2, 0.25) is 0 Å². The van der Waals surface area contributed by atoms with E-state index < -0.39 is 0 Å². The first-order valence-corrected chi connectivity index (χ1v) is 11.0. The molecule has 0 aromatic carbocycles. The molecule has 0 fully saturated rings. The summed E-state index contributed by atoms with van der Waals surface area (Å²) in [7, 11) is 3.91. The van der Waals surface area contributed by atoms with Crippen LogP contribution in [-0.4, -0.2) is 81.8 Å². The number of nitrogens with one attached hydrogen (secondary N) is 2. The molecule has 2 rings (SSSR count). The van der Waals surface area contributed by atoms with Crippen molar-refractivity contribution in [3.63, 3.8) is 0 Å². The number of methoxy groups -OCH3 is 1. The average Bonchev–Trinajstić information content (AvgIpc) is 3.13. The summed E-state index contributed by atoms with van der Waals surface area (Å²) in [5.74, 6) is 0.919. The number of fused-ring (bicyclic) bond motifs is 1. The molecule has 1 aliphatic rings. The maximum absolute atomic E-state index is 5.11. The van der Waals surface area contributed by atoms with Gasteiger partial charge >= 0.3 is 0 Å². The van der Waals surface area contributed by atoms with Gasteiger partial charge in [-0.15, -0.1) is 11.3 Å². The van der Waals surface area contributed by atoms with Crippen molar-refractivity contribution in [3.8, 4) is 0 Å². The lowest BCUT2D eigenvalue weighted by Gasteiger charge is -2.31. The summed E-state index contributed by atoms with van der Waals surface area (Å²) in [5, 5.41) is 9.04. The van der Waals surface area contributed by atoms with Crippen molar-refractivity contribution in [1.29, 1.82) is 0 Å². The molecule has 0 aliphatic carbocycles. The number of hydrogen-bond acceptors (Lipinski definition) is 5. The van der Waals surface area contributed by atoms with Crippen LogP contribution in [0.3, 0.4) is 0 Å². The first-order chi connectivity index (χ1) is 13.1. The molecule has 1 unspecified atom stereocenters. The van der Waals surface area contributed by atoms with Gasteiger partial charge in [-0.25, -0.2) is 0 Å². The molecule has 0 saturated carbocycles. The smallest absolute Gasteiger partial charge is 0.191 e. The second kappa shape index (κ2) is 12.3. The lowest BCUT2D eigenvalue weighted by atomic mass is 10.1. The summed E-state index contributed by atoms with van der Waals surface area (Å²) in [6, 6.07) is 2.72. The van der Waals surface area contributed by atoms with Crippen LogP contribution in [0.1, 0.15) is 30.7 Å². The second-order valence-electron chi connectivity index (χ2n) is 7.23. The van der Waals surface area contributed by atoms with E-state index in [1.165, 1.54) is 12.0 Å². The first-order valence-electron chi connectivity index (χ1n) is 10.1. The van der Waals surface area contributed by atoms with Gasteiger partial charge in [0.15, 0.2) is 5.96 Å². The molecule has 0 saturated heterocycles. The molecule has 1 aliphatic heterocycles. The average molecular weight is 396 g/mol. The van der Waals surface area contributed by atoms with Crippen LogP contribution < -0.4 is 10.6 Å². The van der Waals surface area contributed by atoms with Crippen LogP contribution in [0.15, 0.2) is 16.4 Å². The van der Waals surface area contributed by atoms with Gasteiger partial charge in [-0.05, 0) is 50.7 Å². The fraction of sp³-hybridized carbons (Fsp3) is 0.750. The number of ether oxygens (including phenoxy) is 1. The third-order valence-electron chi connectivity index (χ3n) is 4.99. The van der Waals surface area contributed by atoms with Gasteiger partial charge in [-0.1, -0.05) is 0 Å². The lowest BCUT2D eigenvalue weighted by Crippen LogP contribution is -2.43. The van der Waals surface area contributed by atoms with Crippen LogP contribution in [-0.2, 0) is 17.7 Å². The van der Waals surface area contributed by atoms with E-state index in [9.17, 15) is 0 Å². The van der Waals surface area contributed by atoms with Crippen LogP contribution >= 0.6 is 11.3 Å². The highest BCUT2D eigenvalue weighted by Gasteiger charge is 2.21. The Labute approximate surface area is 169 Å². The van der Waals surface area contributed by atoms with Crippen molar-refractivity contribution < 1.29 is 4.74 Å². The molecule has 0 radical (unpaired) electrons. The monoisotopic (exact) mass is 395 g/mol. The molecule has 6 nitrogen and oxygen atoms in total. The quantitative estimate of drug-likeness (QED) is 0.341. The molecular formula is C20H37N5OS. The normalized spacial score (nSPS) is 16.4. The molecule has 2 N–H and O–H groups in total. The highest BCUT2D eigenvalue weighted by molar-refractivity contribution is 7.10. The SMILES string of the molecule is CCNC(=NCC(C)N1CCc2sccc2C1)NCCN(C)CCCOC. The molecule has 154 valence electrons. The summed E-state index contributed by atoms with van der Waals surface area (Å²) in [4.78, 5) is 11.3. The van der Waals surface area contributed by atoms with Crippen molar-refractivity contribution in [2.24, 2.45) is 4.99 Å². The predicted octanol–water partition coefficient (Wildman–Crippen LogP) is 2.02. The van der Waals surface area contributed by atoms with Crippen LogP contribution in [0, 0.1) is 0 Å². The molecule has 0 amide bonds. The Morgan fingerprint density at radius 2 is 2.26 bits per heavy atom. The highest BCUT2D eigenvalue weighted by Crippen LogP contribution is 2.25. The zero-order chi connectivity index (χ0) is 19.5. The fourth-order valence-corrected chi connectivity index (χ4v) is 4.17. The van der Waals surface area contributed by atoms with Crippen LogP contribution in [0.5, 0.6) is 0 Å². The van der Waals surface area contributed by atoms with E-state index in [1.54, 1.807) is 12.0 Å². The number of nitrogens with zero attached hydrogens (tertiary/aromatic N) is 3. The fourth-order valence-electron chi connectivity index (χ4n) is 3.28. The zero-order valence-electron chi connectivity index (χ0n) is 17.5. The molecule has 0 bridgehead atoms. The summed E-state index contributed by atoms with van der Waals surface area (Å²) in [6.45, 7) is 12.1. The summed E-state index contributed by atoms with van der Waals surface area (Å²) < 4.78 is 5.11. The third-order valence-corrected chi connectivity index (χ3v) is 6.02. The number of thiophene rings is 1. The Morgan fingerprint density at radius 1 is 1.41 bits per heavy atom. The predicted molar refractivity (Wildman–Crippen MR) is 116 cm³/mol. The molecule has 2 heterocycles. The Bertz CT molecular complexity index is 562. The number of hydrogen-bond donors (Lipinski definition) is 2. The van der Waals surface area contributed by atoms with Crippen LogP contribution in [0.4, 0.5) is 0 Å². The van der Waals surface area contributed by atoms with Gasteiger partial charge in [0, 0.05) is 63.9 Å². The van der Waals surface area contributed by atoms with E-state index in [1.807, 2.05) is 11.3 Å². The van der Waals surface area contributed by atoms with Crippen LogP contribution in [0.25, 0.3) is 0 Å². The Balaban J connectivity index is 1.74. The van der Waals surface area contributed by atoms with E-state index in [0.29, 0.717) is 6.04 Å². The van der Waals surface area contributed by atoms with Crippen molar-refractivity contribution in [3.05, 3.63) is 21.9 Å². The molecule has 1 aromatic rings. The summed E-state index contributed by atoms with van der Waals surface area (Å²) >= 11 is 1.90. The molecule has 27 heavy (non-hydrogen) atoms. The van der Waals surface area contributed by atoms with Crippen molar-refractivity contribution in [1.82, 2.24) is 20.4 Å². The van der Waals surface area contributed by atoms with Gasteiger partial charge in [-0.2, -0.15) is 0 Å². The number of guanidine groups is 1. The van der Waals surface area contributed by atoms with E-state index >= 15 is 0 Å². The molecule has 0 spiro atoms. The van der Waals surface area contributed by atoms with E-state index in [-0.39, 0.29) is 0 Å². The third kappa shape index (κ3) is 7.78. The minimum absolute atomic E-state index is 0.449. The topological polar surface area (TPSA) is 52.1 Å². The van der Waals surface area contributed by atoms with Gasteiger partial charge in [-0.3, -0.25) is 9.89 Å². The molecule has 7 heteroatoms. The van der Waals surface area contributed by atoms with Gasteiger partial charge in [0.2, 0.25) is 0 Å². The molecule has 1 atom stereocenters. The lowest BCUT2D eigenvalue weighted by molar-refractivity contribution is 0.180. The largest absolute Gasteiger partial charge is 0.385 e. The number of likely N-dealkylation sites (N-methyl/N-ethyl adjacent to an activating group) is 1. The first kappa shape index (κ1) is 22.1. The number of rotatable bonds is 11. The van der Waals surface area contributed by atoms with E-state index in [2.05, 4.69) is 52.8 Å². The van der Waals surface area contributed by atoms with Gasteiger partial charge in [0.25, 0.3) is 0 Å². The minimum Gasteiger partial charge on any atom is -0.385 e. The Kier molecular flexibility index (Phi) is 10.1. The highest BCUT2D eigenvalue weighted by atomic mass is 32.1. The van der Waals surface area contributed by atoms with Gasteiger partial charge in [0.1, 0.15) is 0 Å². The zero-order valence-corrected chi connectivity index (χ0v) is 18.3. The van der Waals surface area contributed by atoms with Crippen molar-refractivity contribution in [2.75, 3.05) is 60.0 Å². The maximum Gasteiger partial charge on any atom is 0.191 e.